The van der Waals surface area contributed by atoms with E-state index >= 15 is 0 Å². The van der Waals surface area contributed by atoms with Gasteiger partial charge in [-0.3, -0.25) is 0 Å². The van der Waals surface area contributed by atoms with Crippen molar-refractivity contribution in [2.24, 2.45) is 5.73 Å². The SMILES string of the molecule is CCC[CH2][Sn]([CH2]CCC)([CH2]CCC)[CH2]NCCCN. The Hall–Kier alpha value is 0.719. The van der Waals surface area contributed by atoms with Crippen LogP contribution in [0.15, 0.2) is 0 Å². The number of nitrogens with two attached hydrogens (primary N) is 1. The van der Waals surface area contributed by atoms with Gasteiger partial charge in [-0.2, -0.15) is 0 Å². The van der Waals surface area contributed by atoms with Gasteiger partial charge in [0.1, 0.15) is 0 Å². The maximum atomic E-state index is 5.60. The Morgan fingerprint density at radius 1 is 0.789 bits per heavy atom. The summed E-state index contributed by atoms with van der Waals surface area (Å²) in [6.45, 7) is 9.00. The molecule has 0 atom stereocenters. The Kier molecular flexibility index (Phi) is 14.2. The molecule has 2 nitrogen and oxygen atoms in total. The molecule has 0 aromatic rings. The van der Waals surface area contributed by atoms with Gasteiger partial charge in [-0.05, 0) is 0 Å². The first kappa shape index (κ1) is 19.7. The molecule has 116 valence electrons. The molecule has 0 heterocycles. The van der Waals surface area contributed by atoms with Crippen LogP contribution >= 0.6 is 0 Å². The third-order valence-corrected chi connectivity index (χ3v) is 19.2. The van der Waals surface area contributed by atoms with Gasteiger partial charge in [-0.1, -0.05) is 0 Å². The van der Waals surface area contributed by atoms with Gasteiger partial charge in [-0.15, -0.1) is 0 Å². The molecule has 0 saturated heterocycles. The van der Waals surface area contributed by atoms with Crippen LogP contribution in [-0.2, 0) is 0 Å². The summed E-state index contributed by atoms with van der Waals surface area (Å²) >= 11 is -1.89. The Balaban J connectivity index is 4.38. The van der Waals surface area contributed by atoms with Gasteiger partial charge in [-0.25, -0.2) is 0 Å². The summed E-state index contributed by atoms with van der Waals surface area (Å²) in [6.07, 6.45) is 9.68. The minimum atomic E-state index is -1.89. The predicted octanol–water partition coefficient (Wildman–Crippen LogP) is 4.31. The second-order valence-corrected chi connectivity index (χ2v) is 20.0. The summed E-state index contributed by atoms with van der Waals surface area (Å²) in [6, 6.07) is 0. The standard InChI is InChI=1S/C4H11N2.3C4H9.Sn/c1-6-4-2-3-5;3*1-3-4-2;/h6H,1-5H2;3*1,3-4H2,2H3;. The first-order chi connectivity index (χ1) is 9.24. The van der Waals surface area contributed by atoms with Crippen molar-refractivity contribution in [2.75, 3.05) is 17.7 Å². The molecule has 0 aromatic carbocycles. The van der Waals surface area contributed by atoms with E-state index in [0.717, 1.165) is 19.5 Å². The molecule has 19 heavy (non-hydrogen) atoms. The van der Waals surface area contributed by atoms with E-state index < -0.39 is 18.4 Å². The van der Waals surface area contributed by atoms with Crippen molar-refractivity contribution in [3.8, 4) is 0 Å². The minimum absolute atomic E-state index is 0.828. The van der Waals surface area contributed by atoms with Crippen LogP contribution in [0.5, 0.6) is 0 Å². The molecule has 0 aliphatic rings. The molecule has 0 bridgehead atoms. The molecule has 0 aliphatic heterocycles. The number of hydrogen-bond donors (Lipinski definition) is 2. The molecule has 0 radical (unpaired) electrons. The van der Waals surface area contributed by atoms with Gasteiger partial charge in [0.05, 0.1) is 0 Å². The predicted molar refractivity (Wildman–Crippen MR) is 91.4 cm³/mol. The Labute approximate surface area is 126 Å². The first-order valence-corrected chi connectivity index (χ1v) is 16.7. The summed E-state index contributed by atoms with van der Waals surface area (Å²) in [4.78, 5) is 0. The molecular formula is C16H38N2Sn. The number of unbranched alkanes of at least 4 members (excludes halogenated alkanes) is 3. The van der Waals surface area contributed by atoms with Crippen LogP contribution in [0.1, 0.15) is 65.7 Å². The van der Waals surface area contributed by atoms with E-state index in [0.29, 0.717) is 0 Å². The molecule has 3 heteroatoms. The second-order valence-electron chi connectivity index (χ2n) is 6.13. The summed E-state index contributed by atoms with van der Waals surface area (Å²) in [5.41, 5.74) is 5.60. The summed E-state index contributed by atoms with van der Waals surface area (Å²) in [5, 5.41) is 3.77. The van der Waals surface area contributed by atoms with E-state index in [1.54, 1.807) is 13.3 Å². The molecule has 0 unspecified atom stereocenters. The van der Waals surface area contributed by atoms with Crippen molar-refractivity contribution in [1.82, 2.24) is 5.32 Å². The average molecular weight is 377 g/mol. The van der Waals surface area contributed by atoms with Gasteiger partial charge >= 0.3 is 126 Å². The van der Waals surface area contributed by atoms with Gasteiger partial charge in [0.2, 0.25) is 0 Å². The molecule has 0 saturated carbocycles. The van der Waals surface area contributed by atoms with Crippen molar-refractivity contribution >= 4 is 18.4 Å². The normalized spacial score (nSPS) is 12.0. The van der Waals surface area contributed by atoms with Gasteiger partial charge in [0.25, 0.3) is 0 Å². The van der Waals surface area contributed by atoms with E-state index in [1.165, 1.54) is 43.1 Å². The van der Waals surface area contributed by atoms with Crippen molar-refractivity contribution < 1.29 is 0 Å². The van der Waals surface area contributed by atoms with Gasteiger partial charge in [0, 0.05) is 0 Å². The molecule has 0 amide bonds. The fourth-order valence-electron chi connectivity index (χ4n) is 2.88. The van der Waals surface area contributed by atoms with Crippen molar-refractivity contribution in [3.05, 3.63) is 0 Å². The van der Waals surface area contributed by atoms with Crippen molar-refractivity contribution in [2.45, 2.75) is 79.0 Å². The Morgan fingerprint density at radius 2 is 1.26 bits per heavy atom. The van der Waals surface area contributed by atoms with E-state index in [-0.39, 0.29) is 0 Å². The van der Waals surface area contributed by atoms with Crippen molar-refractivity contribution in [1.29, 1.82) is 0 Å². The van der Waals surface area contributed by atoms with E-state index in [4.69, 9.17) is 5.73 Å². The average Bonchev–Trinajstić information content (AvgIpc) is 2.44. The van der Waals surface area contributed by atoms with Crippen molar-refractivity contribution in [3.63, 3.8) is 0 Å². The van der Waals surface area contributed by atoms with Crippen LogP contribution in [-0.4, -0.2) is 36.0 Å². The Bertz CT molecular complexity index is 164. The van der Waals surface area contributed by atoms with E-state index in [1.807, 2.05) is 0 Å². The summed E-state index contributed by atoms with van der Waals surface area (Å²) < 4.78 is 6.25. The molecule has 0 aromatic heterocycles. The number of rotatable bonds is 14. The van der Waals surface area contributed by atoms with E-state index in [9.17, 15) is 0 Å². The zero-order chi connectivity index (χ0) is 14.4. The fourth-order valence-corrected chi connectivity index (χ4v) is 18.0. The van der Waals surface area contributed by atoms with Crippen LogP contribution in [0.4, 0.5) is 0 Å². The molecular weight excluding hydrogens is 339 g/mol. The molecule has 3 N–H and O–H groups in total. The molecule has 0 spiro atoms. The third-order valence-electron chi connectivity index (χ3n) is 4.24. The maximum absolute atomic E-state index is 5.60. The van der Waals surface area contributed by atoms with Crippen LogP contribution < -0.4 is 11.1 Å². The van der Waals surface area contributed by atoms with Crippen LogP contribution in [0.2, 0.25) is 13.3 Å². The fraction of sp³-hybridized carbons (Fsp3) is 1.00. The molecule has 0 rings (SSSR count). The van der Waals surface area contributed by atoms with Gasteiger partial charge < -0.3 is 0 Å². The van der Waals surface area contributed by atoms with E-state index in [2.05, 4.69) is 26.1 Å². The zero-order valence-corrected chi connectivity index (χ0v) is 16.6. The summed E-state index contributed by atoms with van der Waals surface area (Å²) in [7, 11) is 0. The first-order valence-electron chi connectivity index (χ1n) is 8.65. The topological polar surface area (TPSA) is 38.0 Å². The third kappa shape index (κ3) is 10.1. The van der Waals surface area contributed by atoms with Crippen LogP contribution in [0.3, 0.4) is 0 Å². The Morgan fingerprint density at radius 3 is 1.63 bits per heavy atom. The van der Waals surface area contributed by atoms with Gasteiger partial charge in [0.15, 0.2) is 0 Å². The summed E-state index contributed by atoms with van der Waals surface area (Å²) in [5.74, 6) is 0. The molecule has 0 fully saturated rings. The zero-order valence-electron chi connectivity index (χ0n) is 13.8. The number of hydrogen-bond acceptors (Lipinski definition) is 2. The monoisotopic (exact) mass is 378 g/mol. The van der Waals surface area contributed by atoms with Crippen LogP contribution in [0.25, 0.3) is 0 Å². The number of nitrogens with one attached hydrogen (secondary N) is 1. The van der Waals surface area contributed by atoms with Crippen LogP contribution in [0, 0.1) is 0 Å². The molecule has 0 aliphatic carbocycles. The quantitative estimate of drug-likeness (QED) is 0.350. The second kappa shape index (κ2) is 13.7.